The second-order valence-electron chi connectivity index (χ2n) is 3.99. The Morgan fingerprint density at radius 1 is 1.26 bits per heavy atom. The number of nitrogens with one attached hydrogen (secondary N) is 2. The fourth-order valence-electron chi connectivity index (χ4n) is 1.47. The van der Waals surface area contributed by atoms with E-state index in [1.165, 1.54) is 24.3 Å². The molecule has 6 heteroatoms. The Balaban J connectivity index is 2.34. The smallest absolute Gasteiger partial charge is 0.387 e. The molecule has 0 atom stereocenters. The topological polar surface area (TPSA) is 50.4 Å². The van der Waals surface area contributed by atoms with Crippen LogP contribution in [0.4, 0.5) is 19.3 Å². The predicted molar refractivity (Wildman–Crippen MR) is 69.6 cm³/mol. The highest BCUT2D eigenvalue weighted by Gasteiger charge is 2.05. The van der Waals surface area contributed by atoms with E-state index in [0.29, 0.717) is 12.2 Å². The molecule has 1 aromatic rings. The molecule has 0 aliphatic heterocycles. The highest BCUT2D eigenvalue weighted by molar-refractivity contribution is 5.89. The molecule has 4 nitrogen and oxygen atoms in total. The van der Waals surface area contributed by atoms with Crippen LogP contribution in [-0.4, -0.2) is 19.2 Å². The third-order valence-electron chi connectivity index (χ3n) is 2.40. The lowest BCUT2D eigenvalue weighted by Gasteiger charge is -2.08. The van der Waals surface area contributed by atoms with E-state index in [4.69, 9.17) is 0 Å². The molecule has 0 spiro atoms. The van der Waals surface area contributed by atoms with E-state index in [2.05, 4.69) is 22.3 Å². The Labute approximate surface area is 111 Å². The minimum atomic E-state index is -2.85. The van der Waals surface area contributed by atoms with Crippen LogP contribution in [0.25, 0.3) is 0 Å². The van der Waals surface area contributed by atoms with Crippen LogP contribution < -0.4 is 15.4 Å². The summed E-state index contributed by atoms with van der Waals surface area (Å²) in [7, 11) is 0. The number of rotatable bonds is 7. The summed E-state index contributed by atoms with van der Waals surface area (Å²) in [6.45, 7) is -0.143. The second kappa shape index (κ2) is 8.29. The summed E-state index contributed by atoms with van der Waals surface area (Å²) in [6, 6.07) is 5.45. The third kappa shape index (κ3) is 6.59. The van der Waals surface area contributed by atoms with Crippen molar-refractivity contribution in [1.29, 1.82) is 0 Å². The number of carbonyl (C=O) groups is 1. The van der Waals surface area contributed by atoms with E-state index >= 15 is 0 Å². The van der Waals surface area contributed by atoms with E-state index in [1.807, 2.05) is 0 Å². The summed E-state index contributed by atoms with van der Waals surface area (Å²) in [6.07, 6.45) is 3.10. The molecule has 0 unspecified atom stereocenters. The summed E-state index contributed by atoms with van der Waals surface area (Å²) in [5.41, 5.74) is 0.523. The minimum Gasteiger partial charge on any atom is -0.435 e. The molecular weight excluding hydrogens is 254 g/mol. The summed E-state index contributed by atoms with van der Waals surface area (Å²) in [4.78, 5) is 11.5. The standard InChI is InChI=1S/C13H18F2N2O2/c1-2-3-4-9-16-13(18)17-10-5-7-11(8-6-10)19-12(14)15/h5-8,12H,2-4,9H2,1H3,(H2,16,17,18). The van der Waals surface area contributed by atoms with Crippen LogP contribution in [0.3, 0.4) is 0 Å². The minimum absolute atomic E-state index is 0.0592. The number of ether oxygens (including phenoxy) is 1. The lowest BCUT2D eigenvalue weighted by atomic mass is 10.2. The number of benzene rings is 1. The maximum atomic E-state index is 11.9. The number of amides is 2. The molecule has 0 saturated heterocycles. The van der Waals surface area contributed by atoms with Gasteiger partial charge in [-0.3, -0.25) is 0 Å². The molecule has 0 heterocycles. The van der Waals surface area contributed by atoms with E-state index in [-0.39, 0.29) is 11.8 Å². The Hall–Kier alpha value is -1.85. The molecule has 0 saturated carbocycles. The summed E-state index contributed by atoms with van der Waals surface area (Å²) in [5.74, 6) is 0.0592. The van der Waals surface area contributed by atoms with Gasteiger partial charge in [0.15, 0.2) is 0 Å². The number of anilines is 1. The summed E-state index contributed by atoms with van der Waals surface area (Å²) >= 11 is 0. The molecule has 1 rings (SSSR count). The van der Waals surface area contributed by atoms with Crippen LogP contribution in [0.5, 0.6) is 5.75 Å². The zero-order valence-electron chi connectivity index (χ0n) is 10.8. The maximum Gasteiger partial charge on any atom is 0.387 e. The average Bonchev–Trinajstić information content (AvgIpc) is 2.36. The van der Waals surface area contributed by atoms with Gasteiger partial charge in [-0.2, -0.15) is 8.78 Å². The quantitative estimate of drug-likeness (QED) is 0.745. The Bertz CT molecular complexity index is 383. The monoisotopic (exact) mass is 272 g/mol. The lowest BCUT2D eigenvalue weighted by Crippen LogP contribution is -2.29. The zero-order valence-corrected chi connectivity index (χ0v) is 10.8. The van der Waals surface area contributed by atoms with Gasteiger partial charge < -0.3 is 15.4 Å². The zero-order chi connectivity index (χ0) is 14.1. The Kier molecular flexibility index (Phi) is 6.63. The lowest BCUT2D eigenvalue weighted by molar-refractivity contribution is -0.0498. The number of carbonyl (C=O) groups excluding carboxylic acids is 1. The van der Waals surface area contributed by atoms with Crippen molar-refractivity contribution in [2.24, 2.45) is 0 Å². The molecule has 2 N–H and O–H groups in total. The van der Waals surface area contributed by atoms with Crippen LogP contribution >= 0.6 is 0 Å². The fourth-order valence-corrected chi connectivity index (χ4v) is 1.47. The number of unbranched alkanes of at least 4 members (excludes halogenated alkanes) is 2. The number of urea groups is 1. The largest absolute Gasteiger partial charge is 0.435 e. The Morgan fingerprint density at radius 2 is 1.95 bits per heavy atom. The van der Waals surface area contributed by atoms with Gasteiger partial charge in [0.1, 0.15) is 5.75 Å². The molecule has 0 fully saturated rings. The van der Waals surface area contributed by atoms with E-state index in [9.17, 15) is 13.6 Å². The molecule has 2 amide bonds. The maximum absolute atomic E-state index is 11.9. The van der Waals surface area contributed by atoms with E-state index < -0.39 is 6.61 Å². The molecule has 0 aromatic heterocycles. The van der Waals surface area contributed by atoms with E-state index in [1.54, 1.807) is 0 Å². The first-order valence-corrected chi connectivity index (χ1v) is 6.21. The van der Waals surface area contributed by atoms with E-state index in [0.717, 1.165) is 19.3 Å². The van der Waals surface area contributed by atoms with Crippen LogP contribution in [-0.2, 0) is 0 Å². The summed E-state index contributed by atoms with van der Waals surface area (Å²) < 4.78 is 28.1. The molecule has 1 aromatic carbocycles. The van der Waals surface area contributed by atoms with Crippen LogP contribution in [0.2, 0.25) is 0 Å². The Morgan fingerprint density at radius 3 is 2.53 bits per heavy atom. The average molecular weight is 272 g/mol. The highest BCUT2D eigenvalue weighted by Crippen LogP contribution is 2.17. The molecule has 106 valence electrons. The van der Waals surface area contributed by atoms with Crippen molar-refractivity contribution in [1.82, 2.24) is 5.32 Å². The van der Waals surface area contributed by atoms with Gasteiger partial charge in [0, 0.05) is 12.2 Å². The van der Waals surface area contributed by atoms with Crippen LogP contribution in [0, 0.1) is 0 Å². The van der Waals surface area contributed by atoms with Crippen molar-refractivity contribution in [3.05, 3.63) is 24.3 Å². The molecular formula is C13H18F2N2O2. The first-order chi connectivity index (χ1) is 9.11. The fraction of sp³-hybridized carbons (Fsp3) is 0.462. The normalized spacial score (nSPS) is 10.3. The predicted octanol–water partition coefficient (Wildman–Crippen LogP) is 3.60. The van der Waals surface area contributed by atoms with Crippen LogP contribution in [0.15, 0.2) is 24.3 Å². The number of hydrogen-bond acceptors (Lipinski definition) is 2. The first kappa shape index (κ1) is 15.2. The molecule has 0 radical (unpaired) electrons. The van der Waals surface area contributed by atoms with Gasteiger partial charge in [0.25, 0.3) is 0 Å². The molecule has 19 heavy (non-hydrogen) atoms. The summed E-state index contributed by atoms with van der Waals surface area (Å²) in [5, 5.41) is 5.32. The first-order valence-electron chi connectivity index (χ1n) is 6.21. The van der Waals surface area contributed by atoms with Crippen molar-refractivity contribution >= 4 is 11.7 Å². The van der Waals surface area contributed by atoms with Crippen molar-refractivity contribution < 1.29 is 18.3 Å². The van der Waals surface area contributed by atoms with Gasteiger partial charge >= 0.3 is 12.6 Å². The van der Waals surface area contributed by atoms with Gasteiger partial charge in [-0.25, -0.2) is 4.79 Å². The van der Waals surface area contributed by atoms with Crippen LogP contribution in [0.1, 0.15) is 26.2 Å². The van der Waals surface area contributed by atoms with Gasteiger partial charge in [-0.15, -0.1) is 0 Å². The van der Waals surface area contributed by atoms with Crippen molar-refractivity contribution in [3.63, 3.8) is 0 Å². The van der Waals surface area contributed by atoms with Gasteiger partial charge in [0.05, 0.1) is 0 Å². The third-order valence-corrected chi connectivity index (χ3v) is 2.40. The number of hydrogen-bond donors (Lipinski definition) is 2. The van der Waals surface area contributed by atoms with Crippen molar-refractivity contribution in [3.8, 4) is 5.75 Å². The van der Waals surface area contributed by atoms with Gasteiger partial charge in [-0.1, -0.05) is 19.8 Å². The molecule has 0 aliphatic rings. The van der Waals surface area contributed by atoms with Gasteiger partial charge in [-0.05, 0) is 30.7 Å². The highest BCUT2D eigenvalue weighted by atomic mass is 19.3. The SMILES string of the molecule is CCCCCNC(=O)Nc1ccc(OC(F)F)cc1. The van der Waals surface area contributed by atoms with Crippen molar-refractivity contribution in [2.45, 2.75) is 32.8 Å². The number of halogens is 2. The van der Waals surface area contributed by atoms with Gasteiger partial charge in [0.2, 0.25) is 0 Å². The number of alkyl halides is 2. The van der Waals surface area contributed by atoms with Crippen molar-refractivity contribution in [2.75, 3.05) is 11.9 Å². The molecule has 0 bridgehead atoms. The second-order valence-corrected chi connectivity index (χ2v) is 3.99. The molecule has 0 aliphatic carbocycles.